The van der Waals surface area contributed by atoms with Crippen LogP contribution in [-0.2, 0) is 11.0 Å². The molecule has 0 aliphatic carbocycles. The maximum Gasteiger partial charge on any atom is 0.418 e. The predicted molar refractivity (Wildman–Crippen MR) is 62.1 cm³/mol. The third-order valence-corrected chi connectivity index (χ3v) is 2.84. The summed E-state index contributed by atoms with van der Waals surface area (Å²) in [6.07, 6.45) is -4.20. The van der Waals surface area contributed by atoms with Gasteiger partial charge in [0, 0.05) is 24.3 Å². The van der Waals surface area contributed by atoms with Crippen LogP contribution in [0.3, 0.4) is 0 Å². The number of alkyl halides is 3. The third-order valence-electron chi connectivity index (χ3n) is 2.84. The van der Waals surface area contributed by atoms with E-state index in [0.717, 1.165) is 6.07 Å². The lowest BCUT2D eigenvalue weighted by atomic mass is 10.1. The Kier molecular flexibility index (Phi) is 3.46. The molecular weight excluding hydrogens is 261 g/mol. The molecule has 1 N–H and O–H groups in total. The summed E-state index contributed by atoms with van der Waals surface area (Å²) < 4.78 is 38.9. The molecule has 1 aliphatic rings. The molecule has 0 atom stereocenters. The number of aldehydes is 1. The summed E-state index contributed by atoms with van der Waals surface area (Å²) in [5.41, 5.74) is -1.02. The van der Waals surface area contributed by atoms with E-state index in [1.165, 1.54) is 17.0 Å². The largest absolute Gasteiger partial charge is 0.418 e. The fraction of sp³-hybridized carbons (Fsp3) is 0.333. The molecule has 0 aromatic heterocycles. The molecule has 1 aliphatic heterocycles. The summed E-state index contributed by atoms with van der Waals surface area (Å²) in [4.78, 5) is 23.2. The van der Waals surface area contributed by atoms with Crippen molar-refractivity contribution < 1.29 is 22.8 Å². The van der Waals surface area contributed by atoms with E-state index in [0.29, 0.717) is 19.4 Å². The van der Waals surface area contributed by atoms with Crippen molar-refractivity contribution in [2.45, 2.75) is 6.18 Å². The van der Waals surface area contributed by atoms with Crippen molar-refractivity contribution in [1.82, 2.24) is 5.32 Å². The second-order valence-corrected chi connectivity index (χ2v) is 4.16. The number of hydrogen-bond acceptors (Lipinski definition) is 3. The molecule has 2 rings (SSSR count). The van der Waals surface area contributed by atoms with Crippen molar-refractivity contribution >= 4 is 17.9 Å². The van der Waals surface area contributed by atoms with E-state index >= 15 is 0 Å². The molecule has 1 aromatic carbocycles. The summed E-state index contributed by atoms with van der Waals surface area (Å²) >= 11 is 0. The van der Waals surface area contributed by atoms with Crippen LogP contribution in [0.25, 0.3) is 0 Å². The van der Waals surface area contributed by atoms with E-state index in [1.807, 2.05) is 0 Å². The Bertz CT molecular complexity index is 514. The summed E-state index contributed by atoms with van der Waals surface area (Å²) in [7, 11) is 0. The summed E-state index contributed by atoms with van der Waals surface area (Å²) in [6.45, 7) is 0.477. The van der Waals surface area contributed by atoms with Crippen LogP contribution in [0.2, 0.25) is 0 Å². The molecule has 19 heavy (non-hydrogen) atoms. The molecule has 1 saturated heterocycles. The topological polar surface area (TPSA) is 49.4 Å². The Labute approximate surface area is 107 Å². The monoisotopic (exact) mass is 272 g/mol. The normalized spacial score (nSPS) is 16.2. The van der Waals surface area contributed by atoms with Crippen molar-refractivity contribution in [1.29, 1.82) is 0 Å². The molecule has 0 spiro atoms. The number of amides is 1. The second kappa shape index (κ2) is 4.91. The molecule has 1 heterocycles. The van der Waals surface area contributed by atoms with Gasteiger partial charge in [0.25, 0.3) is 0 Å². The highest BCUT2D eigenvalue weighted by Crippen LogP contribution is 2.37. The number of benzene rings is 1. The molecule has 1 amide bonds. The Balaban J connectivity index is 2.44. The van der Waals surface area contributed by atoms with E-state index in [9.17, 15) is 22.8 Å². The van der Waals surface area contributed by atoms with Gasteiger partial charge in [-0.15, -0.1) is 0 Å². The SMILES string of the molecule is O=Cc1ccc(N2CCNC(=O)C2)c(C(F)(F)F)c1. The van der Waals surface area contributed by atoms with Gasteiger partial charge in [-0.1, -0.05) is 0 Å². The highest BCUT2D eigenvalue weighted by atomic mass is 19.4. The van der Waals surface area contributed by atoms with Crippen LogP contribution >= 0.6 is 0 Å². The number of hydrogen-bond donors (Lipinski definition) is 1. The number of carbonyl (C=O) groups is 2. The number of anilines is 1. The lowest BCUT2D eigenvalue weighted by Gasteiger charge is -2.30. The predicted octanol–water partition coefficient (Wildman–Crippen LogP) is 1.45. The lowest BCUT2D eigenvalue weighted by molar-refractivity contribution is -0.137. The van der Waals surface area contributed by atoms with Gasteiger partial charge in [-0.25, -0.2) is 0 Å². The molecule has 0 radical (unpaired) electrons. The number of halogens is 3. The molecule has 102 valence electrons. The molecule has 7 heteroatoms. The highest BCUT2D eigenvalue weighted by molar-refractivity contribution is 5.84. The van der Waals surface area contributed by atoms with Crippen molar-refractivity contribution in [3.63, 3.8) is 0 Å². The van der Waals surface area contributed by atoms with E-state index in [2.05, 4.69) is 5.32 Å². The molecule has 1 aromatic rings. The zero-order valence-corrected chi connectivity index (χ0v) is 9.83. The van der Waals surface area contributed by atoms with Gasteiger partial charge in [0.15, 0.2) is 0 Å². The van der Waals surface area contributed by atoms with Gasteiger partial charge >= 0.3 is 6.18 Å². The van der Waals surface area contributed by atoms with Crippen LogP contribution in [0.4, 0.5) is 18.9 Å². The fourth-order valence-corrected chi connectivity index (χ4v) is 1.97. The maximum atomic E-state index is 13.0. The summed E-state index contributed by atoms with van der Waals surface area (Å²) in [5, 5.41) is 2.54. The van der Waals surface area contributed by atoms with Crippen molar-refractivity contribution in [3.8, 4) is 0 Å². The number of nitrogens with zero attached hydrogens (tertiary/aromatic N) is 1. The minimum atomic E-state index is -4.57. The van der Waals surface area contributed by atoms with Crippen molar-refractivity contribution in [2.75, 3.05) is 24.5 Å². The molecule has 1 fully saturated rings. The quantitative estimate of drug-likeness (QED) is 0.829. The van der Waals surface area contributed by atoms with Crippen LogP contribution in [0, 0.1) is 0 Å². The van der Waals surface area contributed by atoms with Gasteiger partial charge < -0.3 is 10.2 Å². The Morgan fingerprint density at radius 3 is 2.63 bits per heavy atom. The Morgan fingerprint density at radius 1 is 1.32 bits per heavy atom. The number of nitrogens with one attached hydrogen (secondary N) is 1. The van der Waals surface area contributed by atoms with Crippen molar-refractivity contribution in [2.24, 2.45) is 0 Å². The van der Waals surface area contributed by atoms with Crippen molar-refractivity contribution in [3.05, 3.63) is 29.3 Å². The van der Waals surface area contributed by atoms with E-state index in [1.54, 1.807) is 0 Å². The first-order valence-electron chi connectivity index (χ1n) is 5.60. The lowest BCUT2D eigenvalue weighted by Crippen LogP contribution is -2.48. The molecule has 0 unspecified atom stereocenters. The fourth-order valence-electron chi connectivity index (χ4n) is 1.97. The maximum absolute atomic E-state index is 13.0. The highest BCUT2D eigenvalue weighted by Gasteiger charge is 2.36. The van der Waals surface area contributed by atoms with Gasteiger partial charge in [-0.05, 0) is 18.2 Å². The smallest absolute Gasteiger partial charge is 0.360 e. The first-order valence-corrected chi connectivity index (χ1v) is 5.60. The standard InChI is InChI=1S/C12H11F3N2O2/c13-12(14,15)9-5-8(7-18)1-2-10(9)17-4-3-16-11(19)6-17/h1-2,5,7H,3-4,6H2,(H,16,19). The van der Waals surface area contributed by atoms with Crippen LogP contribution in [0.1, 0.15) is 15.9 Å². The number of rotatable bonds is 2. The second-order valence-electron chi connectivity index (χ2n) is 4.16. The zero-order chi connectivity index (χ0) is 14.0. The van der Waals surface area contributed by atoms with Gasteiger partial charge in [-0.3, -0.25) is 9.59 Å². The van der Waals surface area contributed by atoms with Gasteiger partial charge in [0.1, 0.15) is 6.29 Å². The van der Waals surface area contributed by atoms with E-state index in [-0.39, 0.29) is 23.7 Å². The van der Waals surface area contributed by atoms with Crippen LogP contribution in [-0.4, -0.2) is 31.8 Å². The van der Waals surface area contributed by atoms with E-state index < -0.39 is 11.7 Å². The van der Waals surface area contributed by atoms with Crippen LogP contribution in [0.15, 0.2) is 18.2 Å². The molecule has 0 bridgehead atoms. The van der Waals surface area contributed by atoms with Gasteiger partial charge in [-0.2, -0.15) is 13.2 Å². The molecule has 0 saturated carbocycles. The summed E-state index contributed by atoms with van der Waals surface area (Å²) in [5.74, 6) is -0.321. The van der Waals surface area contributed by atoms with Crippen LogP contribution < -0.4 is 10.2 Å². The number of piperazine rings is 1. The van der Waals surface area contributed by atoms with E-state index in [4.69, 9.17) is 0 Å². The zero-order valence-electron chi connectivity index (χ0n) is 9.83. The van der Waals surface area contributed by atoms with Gasteiger partial charge in [0.05, 0.1) is 12.1 Å². The Morgan fingerprint density at radius 2 is 2.05 bits per heavy atom. The minimum absolute atomic E-state index is 0.0439. The molecule has 4 nitrogen and oxygen atoms in total. The Hall–Kier alpha value is -2.05. The first kappa shape index (κ1) is 13.4. The average Bonchev–Trinajstić information content (AvgIpc) is 2.37. The van der Waals surface area contributed by atoms with Gasteiger partial charge in [0.2, 0.25) is 5.91 Å². The summed E-state index contributed by atoms with van der Waals surface area (Å²) in [6, 6.07) is 3.34. The first-order chi connectivity index (χ1) is 8.91. The average molecular weight is 272 g/mol. The van der Waals surface area contributed by atoms with Crippen LogP contribution in [0.5, 0.6) is 0 Å². The third kappa shape index (κ3) is 2.86. The molecular formula is C12H11F3N2O2. The number of carbonyl (C=O) groups excluding carboxylic acids is 2. The minimum Gasteiger partial charge on any atom is -0.360 e.